The number of amides is 1. The van der Waals surface area contributed by atoms with Crippen molar-refractivity contribution in [2.75, 3.05) is 30.1 Å². The third-order valence-electron chi connectivity index (χ3n) is 4.88. The maximum absolute atomic E-state index is 13.1. The quantitative estimate of drug-likeness (QED) is 0.712. The van der Waals surface area contributed by atoms with E-state index in [1.807, 2.05) is 36.4 Å². The van der Waals surface area contributed by atoms with Crippen LogP contribution < -0.4 is 19.7 Å². The van der Waals surface area contributed by atoms with Crippen molar-refractivity contribution in [3.63, 3.8) is 0 Å². The summed E-state index contributed by atoms with van der Waals surface area (Å²) < 4.78 is 10.7. The lowest BCUT2D eigenvalue weighted by Gasteiger charge is -2.12. The summed E-state index contributed by atoms with van der Waals surface area (Å²) >= 11 is 1.45. The molecule has 0 saturated carbocycles. The number of carbonyl (C=O) groups excluding carboxylic acids is 1. The Kier molecular flexibility index (Phi) is 4.37. The molecule has 0 atom stereocenters. The molecular weight excluding hydrogens is 374 g/mol. The Morgan fingerprint density at radius 2 is 1.82 bits per heavy atom. The third kappa shape index (κ3) is 3.18. The zero-order valence-corrected chi connectivity index (χ0v) is 16.0. The summed E-state index contributed by atoms with van der Waals surface area (Å²) in [6.45, 7) is 2.19. The summed E-state index contributed by atoms with van der Waals surface area (Å²) in [6.07, 6.45) is 2.33. The normalized spacial score (nSPS) is 15.1. The van der Waals surface area contributed by atoms with Crippen molar-refractivity contribution in [1.82, 2.24) is 4.98 Å². The molecule has 0 unspecified atom stereocenters. The highest BCUT2D eigenvalue weighted by Crippen LogP contribution is 2.37. The van der Waals surface area contributed by atoms with Crippen molar-refractivity contribution >= 4 is 28.1 Å². The van der Waals surface area contributed by atoms with Gasteiger partial charge in [-0.1, -0.05) is 41.7 Å². The smallest absolute Gasteiger partial charge is 0.268 e. The predicted octanol–water partition coefficient (Wildman–Crippen LogP) is 4.39. The van der Waals surface area contributed by atoms with Gasteiger partial charge in [0.25, 0.3) is 5.91 Å². The minimum absolute atomic E-state index is 0.166. The van der Waals surface area contributed by atoms with Gasteiger partial charge in [-0.15, -0.1) is 0 Å². The molecule has 7 heteroatoms. The number of hydrogen-bond acceptors (Lipinski definition) is 6. The number of anilines is 2. The summed E-state index contributed by atoms with van der Waals surface area (Å²) in [4.78, 5) is 20.8. The number of benzene rings is 2. The van der Waals surface area contributed by atoms with Crippen molar-refractivity contribution in [2.24, 2.45) is 0 Å². The number of nitrogens with one attached hydrogen (secondary N) is 1. The van der Waals surface area contributed by atoms with Crippen LogP contribution in [-0.2, 0) is 0 Å². The van der Waals surface area contributed by atoms with Crippen LogP contribution in [-0.4, -0.2) is 30.8 Å². The molecule has 6 nitrogen and oxygen atoms in total. The number of carbonyl (C=O) groups is 1. The standard InChI is InChI=1S/C21H19N3O3S/c25-20(22-15-8-9-16-17(12-15)27-13-26-16)19-18(14-6-2-1-3-7-14)23-21(28-19)24-10-4-5-11-24/h1-3,6-9,12H,4-5,10-11,13H2,(H,22,25). The van der Waals surface area contributed by atoms with Crippen LogP contribution in [0.4, 0.5) is 10.8 Å². The van der Waals surface area contributed by atoms with Gasteiger partial charge in [0.05, 0.1) is 5.69 Å². The number of nitrogens with zero attached hydrogens (tertiary/aromatic N) is 2. The second kappa shape index (κ2) is 7.16. The Labute approximate surface area is 166 Å². The Bertz CT molecular complexity index is 1010. The monoisotopic (exact) mass is 393 g/mol. The van der Waals surface area contributed by atoms with Gasteiger partial charge in [-0.05, 0) is 25.0 Å². The van der Waals surface area contributed by atoms with E-state index in [1.54, 1.807) is 12.1 Å². The van der Waals surface area contributed by atoms with Crippen molar-refractivity contribution in [3.8, 4) is 22.8 Å². The van der Waals surface area contributed by atoms with Crippen molar-refractivity contribution in [3.05, 3.63) is 53.4 Å². The van der Waals surface area contributed by atoms with Gasteiger partial charge in [0.15, 0.2) is 16.6 Å². The zero-order valence-electron chi connectivity index (χ0n) is 15.2. The van der Waals surface area contributed by atoms with E-state index in [9.17, 15) is 4.79 Å². The lowest BCUT2D eigenvalue weighted by atomic mass is 10.1. The molecule has 0 aliphatic carbocycles. The fourth-order valence-corrected chi connectivity index (χ4v) is 4.50. The highest BCUT2D eigenvalue weighted by atomic mass is 32.1. The number of hydrogen-bond donors (Lipinski definition) is 1. The molecule has 1 amide bonds. The summed E-state index contributed by atoms with van der Waals surface area (Å²) in [5.74, 6) is 1.17. The van der Waals surface area contributed by atoms with Crippen LogP contribution in [0.2, 0.25) is 0 Å². The highest BCUT2D eigenvalue weighted by Gasteiger charge is 2.24. The molecule has 28 heavy (non-hydrogen) atoms. The summed E-state index contributed by atoms with van der Waals surface area (Å²) in [5, 5.41) is 3.89. The first kappa shape index (κ1) is 17.1. The van der Waals surface area contributed by atoms with Gasteiger partial charge in [0, 0.05) is 30.4 Å². The van der Waals surface area contributed by atoms with Gasteiger partial charge in [-0.2, -0.15) is 0 Å². The van der Waals surface area contributed by atoms with E-state index in [0.717, 1.165) is 29.5 Å². The molecule has 2 aliphatic rings. The van der Waals surface area contributed by atoms with Crippen LogP contribution in [0, 0.1) is 0 Å². The molecule has 142 valence electrons. The van der Waals surface area contributed by atoms with Gasteiger partial charge < -0.3 is 19.7 Å². The lowest BCUT2D eigenvalue weighted by molar-refractivity contribution is 0.103. The van der Waals surface area contributed by atoms with Crippen molar-refractivity contribution in [1.29, 1.82) is 0 Å². The second-order valence-electron chi connectivity index (χ2n) is 6.76. The van der Waals surface area contributed by atoms with E-state index < -0.39 is 0 Å². The molecule has 2 aromatic carbocycles. The summed E-state index contributed by atoms with van der Waals surface area (Å²) in [7, 11) is 0. The molecule has 3 aromatic rings. The summed E-state index contributed by atoms with van der Waals surface area (Å²) in [5.41, 5.74) is 2.34. The first-order valence-corrected chi connectivity index (χ1v) is 10.1. The SMILES string of the molecule is O=C(Nc1ccc2c(c1)OCO2)c1sc(N2CCCC2)nc1-c1ccccc1. The number of thiazole rings is 1. The number of fused-ring (bicyclic) bond motifs is 1. The van der Waals surface area contributed by atoms with Crippen molar-refractivity contribution in [2.45, 2.75) is 12.8 Å². The minimum Gasteiger partial charge on any atom is -0.454 e. The van der Waals surface area contributed by atoms with Crippen LogP contribution >= 0.6 is 11.3 Å². The van der Waals surface area contributed by atoms with E-state index in [0.29, 0.717) is 22.1 Å². The lowest BCUT2D eigenvalue weighted by Crippen LogP contribution is -2.17. The number of rotatable bonds is 4. The Morgan fingerprint density at radius 1 is 1.04 bits per heavy atom. The van der Waals surface area contributed by atoms with E-state index in [1.165, 1.54) is 24.2 Å². The molecule has 1 N–H and O–H groups in total. The Hall–Kier alpha value is -3.06. The van der Waals surface area contributed by atoms with E-state index in [4.69, 9.17) is 14.5 Å². The van der Waals surface area contributed by atoms with Crippen LogP contribution in [0.15, 0.2) is 48.5 Å². The molecular formula is C21H19N3O3S. The Balaban J connectivity index is 1.48. The fraction of sp³-hybridized carbons (Fsp3) is 0.238. The van der Waals surface area contributed by atoms with E-state index >= 15 is 0 Å². The average molecular weight is 393 g/mol. The Morgan fingerprint density at radius 3 is 2.64 bits per heavy atom. The average Bonchev–Trinajstić information content (AvgIpc) is 3.47. The molecule has 0 radical (unpaired) electrons. The maximum atomic E-state index is 13.1. The van der Waals surface area contributed by atoms with Crippen molar-refractivity contribution < 1.29 is 14.3 Å². The number of ether oxygens (including phenoxy) is 2. The molecule has 1 saturated heterocycles. The molecule has 1 fully saturated rings. The third-order valence-corrected chi connectivity index (χ3v) is 5.99. The topological polar surface area (TPSA) is 63.7 Å². The molecule has 5 rings (SSSR count). The van der Waals surface area contributed by atoms with E-state index in [-0.39, 0.29) is 12.7 Å². The van der Waals surface area contributed by atoms with Gasteiger partial charge in [-0.3, -0.25) is 4.79 Å². The van der Waals surface area contributed by atoms with Crippen LogP contribution in [0.25, 0.3) is 11.3 Å². The molecule has 3 heterocycles. The highest BCUT2D eigenvalue weighted by molar-refractivity contribution is 7.18. The van der Waals surface area contributed by atoms with Gasteiger partial charge in [0.2, 0.25) is 6.79 Å². The first-order chi connectivity index (χ1) is 13.8. The predicted molar refractivity (Wildman–Crippen MR) is 110 cm³/mol. The molecule has 2 aliphatic heterocycles. The minimum atomic E-state index is -0.166. The van der Waals surface area contributed by atoms with Crippen LogP contribution in [0.5, 0.6) is 11.5 Å². The molecule has 0 bridgehead atoms. The van der Waals surface area contributed by atoms with E-state index in [2.05, 4.69) is 10.2 Å². The largest absolute Gasteiger partial charge is 0.454 e. The maximum Gasteiger partial charge on any atom is 0.268 e. The number of aromatic nitrogens is 1. The van der Waals surface area contributed by atoms with Gasteiger partial charge >= 0.3 is 0 Å². The molecule has 0 spiro atoms. The van der Waals surface area contributed by atoms with Gasteiger partial charge in [0.1, 0.15) is 4.88 Å². The first-order valence-electron chi connectivity index (χ1n) is 9.30. The summed E-state index contributed by atoms with van der Waals surface area (Å²) in [6, 6.07) is 15.3. The van der Waals surface area contributed by atoms with Gasteiger partial charge in [-0.25, -0.2) is 4.98 Å². The molecule has 1 aromatic heterocycles. The van der Waals surface area contributed by atoms with Crippen LogP contribution in [0.3, 0.4) is 0 Å². The van der Waals surface area contributed by atoms with Crippen LogP contribution in [0.1, 0.15) is 22.5 Å². The zero-order chi connectivity index (χ0) is 18.9. The second-order valence-corrected chi connectivity index (χ2v) is 7.73. The fourth-order valence-electron chi connectivity index (χ4n) is 3.46.